The Labute approximate surface area is 163 Å². The Kier molecular flexibility index (Phi) is 6.83. The van der Waals surface area contributed by atoms with Crippen LogP contribution in [0.2, 0.25) is 0 Å². The van der Waals surface area contributed by atoms with Gasteiger partial charge in [0.15, 0.2) is 0 Å². The topological polar surface area (TPSA) is 24.8 Å². The summed E-state index contributed by atoms with van der Waals surface area (Å²) < 4.78 is 5.60. The second kappa shape index (κ2) is 9.52. The zero-order chi connectivity index (χ0) is 19.1. The SMILES string of the molecule is C=Cc1ccc(C(=Nc2ccccc2CCC2CCCCN2C)OC)cc1. The minimum Gasteiger partial charge on any atom is -0.481 e. The smallest absolute Gasteiger partial charge is 0.221 e. The summed E-state index contributed by atoms with van der Waals surface area (Å²) in [5, 5.41) is 0. The number of benzene rings is 2. The number of methoxy groups -OCH3 is 1. The van der Waals surface area contributed by atoms with Gasteiger partial charge in [-0.25, -0.2) is 4.99 Å². The van der Waals surface area contributed by atoms with Crippen LogP contribution >= 0.6 is 0 Å². The summed E-state index contributed by atoms with van der Waals surface area (Å²) in [6, 6.07) is 17.2. The van der Waals surface area contributed by atoms with Crippen LogP contribution in [-0.2, 0) is 11.2 Å². The minimum absolute atomic E-state index is 0.646. The molecule has 2 aromatic carbocycles. The van der Waals surface area contributed by atoms with Crippen molar-refractivity contribution in [2.75, 3.05) is 20.7 Å². The second-order valence-corrected chi connectivity index (χ2v) is 7.24. The molecule has 0 bridgehead atoms. The summed E-state index contributed by atoms with van der Waals surface area (Å²) in [5.74, 6) is 0.646. The molecular weight excluding hydrogens is 332 g/mol. The van der Waals surface area contributed by atoms with Crippen LogP contribution in [0.1, 0.15) is 42.4 Å². The summed E-state index contributed by atoms with van der Waals surface area (Å²) in [4.78, 5) is 7.35. The highest BCUT2D eigenvalue weighted by atomic mass is 16.5. The molecule has 1 aliphatic heterocycles. The molecule has 0 radical (unpaired) electrons. The number of ether oxygens (including phenoxy) is 1. The van der Waals surface area contributed by atoms with Crippen LogP contribution in [0.5, 0.6) is 0 Å². The van der Waals surface area contributed by atoms with Crippen molar-refractivity contribution in [2.24, 2.45) is 4.99 Å². The van der Waals surface area contributed by atoms with E-state index in [4.69, 9.17) is 9.73 Å². The zero-order valence-corrected chi connectivity index (χ0v) is 16.5. The average Bonchev–Trinajstić information content (AvgIpc) is 2.72. The fourth-order valence-corrected chi connectivity index (χ4v) is 3.76. The summed E-state index contributed by atoms with van der Waals surface area (Å²) in [6.45, 7) is 5.03. The lowest BCUT2D eigenvalue weighted by Gasteiger charge is -2.32. The van der Waals surface area contributed by atoms with E-state index in [0.717, 1.165) is 23.2 Å². The van der Waals surface area contributed by atoms with E-state index in [1.165, 1.54) is 37.8 Å². The molecule has 0 saturated carbocycles. The van der Waals surface area contributed by atoms with E-state index in [-0.39, 0.29) is 0 Å². The van der Waals surface area contributed by atoms with Crippen molar-refractivity contribution in [1.29, 1.82) is 0 Å². The van der Waals surface area contributed by atoms with Gasteiger partial charge in [-0.2, -0.15) is 0 Å². The Morgan fingerprint density at radius 2 is 1.96 bits per heavy atom. The van der Waals surface area contributed by atoms with Crippen molar-refractivity contribution in [1.82, 2.24) is 4.90 Å². The third-order valence-corrected chi connectivity index (χ3v) is 5.47. The van der Waals surface area contributed by atoms with E-state index in [0.29, 0.717) is 11.9 Å². The normalized spacial score (nSPS) is 18.3. The highest BCUT2D eigenvalue weighted by Gasteiger charge is 2.19. The van der Waals surface area contributed by atoms with Gasteiger partial charge in [0.25, 0.3) is 0 Å². The van der Waals surface area contributed by atoms with Gasteiger partial charge in [0.2, 0.25) is 5.90 Å². The largest absolute Gasteiger partial charge is 0.481 e. The Bertz CT molecular complexity index is 779. The lowest BCUT2D eigenvalue weighted by atomic mass is 9.96. The van der Waals surface area contributed by atoms with Crippen molar-refractivity contribution < 1.29 is 4.74 Å². The highest BCUT2D eigenvalue weighted by Crippen LogP contribution is 2.25. The van der Waals surface area contributed by atoms with E-state index in [1.807, 2.05) is 36.4 Å². The fourth-order valence-electron chi connectivity index (χ4n) is 3.76. The van der Waals surface area contributed by atoms with Crippen LogP contribution < -0.4 is 0 Å². The van der Waals surface area contributed by atoms with Crippen molar-refractivity contribution in [2.45, 2.75) is 38.1 Å². The van der Waals surface area contributed by atoms with Gasteiger partial charge >= 0.3 is 0 Å². The van der Waals surface area contributed by atoms with Gasteiger partial charge in [0, 0.05) is 11.6 Å². The van der Waals surface area contributed by atoms with E-state index in [2.05, 4.69) is 36.7 Å². The van der Waals surface area contributed by atoms with Gasteiger partial charge < -0.3 is 9.64 Å². The minimum atomic E-state index is 0.646. The summed E-state index contributed by atoms with van der Waals surface area (Å²) in [7, 11) is 3.93. The molecule has 3 nitrogen and oxygen atoms in total. The standard InChI is InChI=1S/C24H30N2O/c1-4-19-12-14-21(15-13-19)24(27-3)25-23-11-6-5-9-20(23)16-17-22-10-7-8-18-26(22)2/h4-6,9,11-15,22H,1,7-8,10,16-18H2,2-3H3. The van der Waals surface area contributed by atoms with E-state index in [9.17, 15) is 0 Å². The lowest BCUT2D eigenvalue weighted by molar-refractivity contribution is 0.176. The molecule has 1 aliphatic rings. The van der Waals surface area contributed by atoms with Gasteiger partial charge in [0.05, 0.1) is 12.8 Å². The van der Waals surface area contributed by atoms with Gasteiger partial charge in [-0.1, -0.05) is 49.4 Å². The number of para-hydroxylation sites is 1. The lowest BCUT2D eigenvalue weighted by Crippen LogP contribution is -2.36. The summed E-state index contributed by atoms with van der Waals surface area (Å²) in [5.41, 5.74) is 4.35. The molecule has 2 aromatic rings. The number of aryl methyl sites for hydroxylation is 1. The molecule has 0 N–H and O–H groups in total. The third kappa shape index (κ3) is 5.08. The van der Waals surface area contributed by atoms with E-state index < -0.39 is 0 Å². The van der Waals surface area contributed by atoms with E-state index in [1.54, 1.807) is 7.11 Å². The predicted molar refractivity (Wildman–Crippen MR) is 115 cm³/mol. The van der Waals surface area contributed by atoms with Crippen LogP contribution in [0.15, 0.2) is 60.1 Å². The van der Waals surface area contributed by atoms with Crippen LogP contribution in [0.4, 0.5) is 5.69 Å². The number of piperidine rings is 1. The fraction of sp³-hybridized carbons (Fsp3) is 0.375. The molecule has 0 aromatic heterocycles. The number of hydrogen-bond acceptors (Lipinski definition) is 3. The van der Waals surface area contributed by atoms with Crippen LogP contribution in [-0.4, -0.2) is 37.5 Å². The molecule has 27 heavy (non-hydrogen) atoms. The van der Waals surface area contributed by atoms with Crippen molar-refractivity contribution in [3.63, 3.8) is 0 Å². The van der Waals surface area contributed by atoms with Crippen molar-refractivity contribution in [3.8, 4) is 0 Å². The molecule has 3 heteroatoms. The molecule has 1 unspecified atom stereocenters. The first-order valence-corrected chi connectivity index (χ1v) is 9.85. The molecular formula is C24H30N2O. The summed E-state index contributed by atoms with van der Waals surface area (Å²) >= 11 is 0. The molecule has 0 spiro atoms. The first-order valence-electron chi connectivity index (χ1n) is 9.85. The zero-order valence-electron chi connectivity index (χ0n) is 16.5. The Hall–Kier alpha value is -2.39. The third-order valence-electron chi connectivity index (χ3n) is 5.47. The van der Waals surface area contributed by atoms with Crippen LogP contribution in [0.3, 0.4) is 0 Å². The maximum atomic E-state index is 5.60. The number of aliphatic imine (C=N–C) groups is 1. The molecule has 1 atom stereocenters. The predicted octanol–water partition coefficient (Wildman–Crippen LogP) is 5.47. The van der Waals surface area contributed by atoms with Crippen molar-refractivity contribution >= 4 is 17.7 Å². The highest BCUT2D eigenvalue weighted by molar-refractivity contribution is 5.96. The molecule has 0 aliphatic carbocycles. The molecule has 142 valence electrons. The Morgan fingerprint density at radius 3 is 2.67 bits per heavy atom. The average molecular weight is 363 g/mol. The van der Waals surface area contributed by atoms with Gasteiger partial charge in [-0.15, -0.1) is 0 Å². The van der Waals surface area contributed by atoms with Gasteiger partial charge in [-0.3, -0.25) is 0 Å². The number of likely N-dealkylation sites (tertiary alicyclic amines) is 1. The van der Waals surface area contributed by atoms with Gasteiger partial charge in [0.1, 0.15) is 0 Å². The molecule has 1 fully saturated rings. The maximum absolute atomic E-state index is 5.60. The van der Waals surface area contributed by atoms with Crippen LogP contribution in [0.25, 0.3) is 6.08 Å². The quantitative estimate of drug-likeness (QED) is 0.503. The number of hydrogen-bond donors (Lipinski definition) is 0. The molecule has 1 heterocycles. The van der Waals surface area contributed by atoms with Crippen molar-refractivity contribution in [3.05, 3.63) is 71.8 Å². The number of nitrogens with zero attached hydrogens (tertiary/aromatic N) is 2. The maximum Gasteiger partial charge on any atom is 0.221 e. The molecule has 0 amide bonds. The first-order chi connectivity index (χ1) is 13.2. The van der Waals surface area contributed by atoms with E-state index >= 15 is 0 Å². The van der Waals surface area contributed by atoms with Gasteiger partial charge in [-0.05, 0) is 68.6 Å². The molecule has 3 rings (SSSR count). The summed E-state index contributed by atoms with van der Waals surface area (Å²) in [6.07, 6.45) is 8.05. The van der Waals surface area contributed by atoms with Crippen LogP contribution in [0, 0.1) is 0 Å². The second-order valence-electron chi connectivity index (χ2n) is 7.24. The monoisotopic (exact) mass is 362 g/mol. The first kappa shape index (κ1) is 19.4. The molecule has 1 saturated heterocycles. The Balaban J connectivity index is 1.78. The number of rotatable bonds is 6. The Morgan fingerprint density at radius 1 is 1.19 bits per heavy atom.